The largest absolute Gasteiger partial charge is 0.309 e. The van der Waals surface area contributed by atoms with Crippen LogP contribution in [0.3, 0.4) is 0 Å². The van der Waals surface area contributed by atoms with Crippen LogP contribution in [0, 0.1) is 5.41 Å². The molecule has 0 amide bonds. The van der Waals surface area contributed by atoms with Crippen molar-refractivity contribution in [2.75, 3.05) is 0 Å². The van der Waals surface area contributed by atoms with E-state index in [0.717, 1.165) is 51.8 Å². The van der Waals surface area contributed by atoms with Gasteiger partial charge >= 0.3 is 0 Å². The first-order valence-corrected chi connectivity index (χ1v) is 19.8. The van der Waals surface area contributed by atoms with Gasteiger partial charge in [-0.15, -0.1) is 0 Å². The molecule has 1 aliphatic rings. The van der Waals surface area contributed by atoms with E-state index in [-0.39, 0.29) is 0 Å². The van der Waals surface area contributed by atoms with Crippen molar-refractivity contribution in [3.8, 4) is 39.1 Å². The van der Waals surface area contributed by atoms with Crippen molar-refractivity contribution in [2.24, 2.45) is 0 Å². The van der Waals surface area contributed by atoms with E-state index in [1.54, 1.807) is 0 Å². The Morgan fingerprint density at radius 3 is 2.02 bits per heavy atom. The van der Waals surface area contributed by atoms with Gasteiger partial charge in [0.15, 0.2) is 0 Å². The Bertz CT molecular complexity index is 3320. The maximum absolute atomic E-state index is 8.53. The van der Waals surface area contributed by atoms with Crippen LogP contribution in [-0.2, 0) is 6.42 Å². The minimum atomic E-state index is 0.868. The van der Waals surface area contributed by atoms with Crippen LogP contribution in [0.2, 0.25) is 0 Å². The van der Waals surface area contributed by atoms with Gasteiger partial charge in [0.2, 0.25) is 0 Å². The first kappa shape index (κ1) is 33.1. The van der Waals surface area contributed by atoms with Crippen LogP contribution in [0.25, 0.3) is 105 Å². The molecule has 57 heavy (non-hydrogen) atoms. The van der Waals surface area contributed by atoms with E-state index in [0.29, 0.717) is 0 Å². The van der Waals surface area contributed by atoms with Gasteiger partial charge in [-0.05, 0) is 143 Å². The highest BCUT2D eigenvalue weighted by molar-refractivity contribution is 6.20. The lowest BCUT2D eigenvalue weighted by molar-refractivity contribution is 0.992. The zero-order valence-electron chi connectivity index (χ0n) is 31.5. The van der Waals surface area contributed by atoms with E-state index in [9.17, 15) is 0 Å². The van der Waals surface area contributed by atoms with Crippen molar-refractivity contribution < 1.29 is 0 Å². The summed E-state index contributed by atoms with van der Waals surface area (Å²) >= 11 is 0. The fourth-order valence-electron chi connectivity index (χ4n) is 9.64. The number of aromatic nitrogens is 1. The van der Waals surface area contributed by atoms with E-state index in [1.165, 1.54) is 82.7 Å². The highest BCUT2D eigenvalue weighted by Crippen LogP contribution is 2.49. The fourth-order valence-corrected chi connectivity index (χ4v) is 9.64. The molecule has 0 fully saturated rings. The average molecular weight is 727 g/mol. The van der Waals surface area contributed by atoms with Gasteiger partial charge in [0, 0.05) is 22.9 Å². The molecular formula is C55H38N2. The average Bonchev–Trinajstić information content (AvgIpc) is 3.61. The number of nitrogens with zero attached hydrogens (tertiary/aromatic N) is 1. The number of hydrogen-bond acceptors (Lipinski definition) is 1. The van der Waals surface area contributed by atoms with Gasteiger partial charge < -0.3 is 9.98 Å². The first-order chi connectivity index (χ1) is 28.2. The summed E-state index contributed by atoms with van der Waals surface area (Å²) in [6, 6.07) is 59.8. The van der Waals surface area contributed by atoms with Crippen LogP contribution in [0.4, 0.5) is 0 Å². The van der Waals surface area contributed by atoms with Gasteiger partial charge in [-0.2, -0.15) is 0 Å². The molecule has 11 rings (SSSR count). The highest BCUT2D eigenvalue weighted by Gasteiger charge is 2.25. The van der Waals surface area contributed by atoms with Crippen molar-refractivity contribution in [3.05, 3.63) is 199 Å². The van der Waals surface area contributed by atoms with Crippen LogP contribution in [0.15, 0.2) is 176 Å². The molecule has 10 aromatic rings. The molecule has 9 aromatic carbocycles. The third kappa shape index (κ3) is 5.08. The first-order valence-electron chi connectivity index (χ1n) is 19.8. The van der Waals surface area contributed by atoms with Crippen molar-refractivity contribution >= 4 is 72.4 Å². The summed E-state index contributed by atoms with van der Waals surface area (Å²) in [5.74, 6) is 0. The molecule has 1 aromatic heterocycles. The highest BCUT2D eigenvalue weighted by atomic mass is 15.0. The summed E-state index contributed by atoms with van der Waals surface area (Å²) in [6.07, 6.45) is 10.1. The SMILES string of the molecule is C=Cc1c(C=N)c2cc(-c3ccc4c(-c5cc6ccccc6c6ccccc56)c5c(c(-c6cccc7ccccc67)c4c3)C=CCC5)ccc2n1-c1ccccc1. The molecule has 0 spiro atoms. The summed E-state index contributed by atoms with van der Waals surface area (Å²) < 4.78 is 2.21. The molecule has 1 heterocycles. The van der Waals surface area contributed by atoms with Crippen molar-refractivity contribution in [1.29, 1.82) is 5.41 Å². The molecule has 2 heteroatoms. The summed E-state index contributed by atoms with van der Waals surface area (Å²) in [7, 11) is 0. The predicted octanol–water partition coefficient (Wildman–Crippen LogP) is 14.8. The molecule has 0 saturated carbocycles. The van der Waals surface area contributed by atoms with Crippen molar-refractivity contribution in [3.63, 3.8) is 0 Å². The van der Waals surface area contributed by atoms with Gasteiger partial charge in [-0.25, -0.2) is 0 Å². The third-order valence-corrected chi connectivity index (χ3v) is 12.1. The second kappa shape index (κ2) is 13.2. The minimum Gasteiger partial charge on any atom is -0.309 e. The van der Waals surface area contributed by atoms with Gasteiger partial charge in [0.05, 0.1) is 11.2 Å². The molecule has 2 nitrogen and oxygen atoms in total. The topological polar surface area (TPSA) is 28.8 Å². The van der Waals surface area contributed by atoms with E-state index >= 15 is 0 Å². The Kier molecular flexibility index (Phi) is 7.65. The minimum absolute atomic E-state index is 0.868. The summed E-state index contributed by atoms with van der Waals surface area (Å²) in [5.41, 5.74) is 14.0. The van der Waals surface area contributed by atoms with Crippen LogP contribution >= 0.6 is 0 Å². The molecule has 0 saturated heterocycles. The number of allylic oxidation sites excluding steroid dienone is 1. The van der Waals surface area contributed by atoms with Crippen LogP contribution < -0.4 is 0 Å². The summed E-state index contributed by atoms with van der Waals surface area (Å²) in [4.78, 5) is 0. The molecular weight excluding hydrogens is 689 g/mol. The molecule has 0 radical (unpaired) electrons. The lowest BCUT2D eigenvalue weighted by atomic mass is 9.78. The Labute approximate surface area is 331 Å². The predicted molar refractivity (Wildman–Crippen MR) is 245 cm³/mol. The van der Waals surface area contributed by atoms with Gasteiger partial charge in [0.1, 0.15) is 0 Å². The zero-order chi connectivity index (χ0) is 38.0. The quantitative estimate of drug-likeness (QED) is 0.131. The third-order valence-electron chi connectivity index (χ3n) is 12.1. The molecule has 268 valence electrons. The van der Waals surface area contributed by atoms with Crippen molar-refractivity contribution in [1.82, 2.24) is 4.57 Å². The van der Waals surface area contributed by atoms with Crippen LogP contribution in [0.5, 0.6) is 0 Å². The van der Waals surface area contributed by atoms with Crippen LogP contribution in [0.1, 0.15) is 28.8 Å². The Morgan fingerprint density at radius 1 is 0.526 bits per heavy atom. The Hall–Kier alpha value is -7.29. The maximum Gasteiger partial charge on any atom is 0.0550 e. The zero-order valence-corrected chi connectivity index (χ0v) is 31.5. The second-order valence-corrected chi connectivity index (χ2v) is 15.1. The normalized spacial score (nSPS) is 12.5. The molecule has 1 aliphatic carbocycles. The molecule has 0 aliphatic heterocycles. The Balaban J connectivity index is 1.24. The molecule has 0 bridgehead atoms. The van der Waals surface area contributed by atoms with E-state index < -0.39 is 0 Å². The summed E-state index contributed by atoms with van der Waals surface area (Å²) in [5, 5.41) is 19.7. The molecule has 0 unspecified atom stereocenters. The standard InChI is InChI=1S/C55H38N2/c1-2-52-51(34-56)48-31-37(28-30-53(48)57(52)39-18-4-3-5-19-39)36-27-29-47-50(32-36)54(44-26-14-17-35-15-6-8-20-40(35)44)45-24-12-13-25-46(45)55(47)49-33-38-16-7-9-21-41(38)42-22-10-11-23-43(42)49/h2-12,14-24,26-34,56H,1,13,25H2. The number of benzene rings is 9. The van der Waals surface area contributed by atoms with Crippen LogP contribution in [-0.4, -0.2) is 10.8 Å². The Morgan fingerprint density at radius 2 is 1.21 bits per heavy atom. The van der Waals surface area contributed by atoms with Gasteiger partial charge in [0.25, 0.3) is 0 Å². The lowest BCUT2D eigenvalue weighted by Crippen LogP contribution is -2.03. The number of para-hydroxylation sites is 1. The van der Waals surface area contributed by atoms with Gasteiger partial charge in [-0.3, -0.25) is 0 Å². The number of rotatable bonds is 6. The van der Waals surface area contributed by atoms with E-state index in [2.05, 4.69) is 181 Å². The second-order valence-electron chi connectivity index (χ2n) is 15.1. The van der Waals surface area contributed by atoms with Gasteiger partial charge in [-0.1, -0.05) is 146 Å². The lowest BCUT2D eigenvalue weighted by Gasteiger charge is -2.26. The van der Waals surface area contributed by atoms with Crippen molar-refractivity contribution in [2.45, 2.75) is 12.8 Å². The molecule has 1 N–H and O–H groups in total. The summed E-state index contributed by atoms with van der Waals surface area (Å²) in [6.45, 7) is 4.17. The fraction of sp³-hybridized carbons (Fsp3) is 0.0364. The smallest absolute Gasteiger partial charge is 0.0550 e. The maximum atomic E-state index is 8.53. The monoisotopic (exact) mass is 726 g/mol. The van der Waals surface area contributed by atoms with E-state index in [4.69, 9.17) is 5.41 Å². The molecule has 0 atom stereocenters. The number of hydrogen-bond donors (Lipinski definition) is 1. The number of nitrogens with one attached hydrogen (secondary N) is 1. The van der Waals surface area contributed by atoms with E-state index in [1.807, 2.05) is 12.1 Å². The number of fused-ring (bicyclic) bond motifs is 7.